The Morgan fingerprint density at radius 3 is 2.14 bits per heavy atom. The van der Waals surface area contributed by atoms with Crippen LogP contribution in [0.3, 0.4) is 0 Å². The lowest BCUT2D eigenvalue weighted by molar-refractivity contribution is 0.157. The first kappa shape index (κ1) is 16.0. The van der Waals surface area contributed by atoms with Gasteiger partial charge in [0.1, 0.15) is 5.54 Å². The molecule has 2 rings (SSSR count). The van der Waals surface area contributed by atoms with Gasteiger partial charge in [0, 0.05) is 6.42 Å². The molecule has 1 saturated heterocycles. The SMILES string of the molecule is CC(C)c1ccc(CC(C)(C#N)N2CCCCCC2)cc1. The van der Waals surface area contributed by atoms with E-state index in [9.17, 15) is 5.26 Å². The quantitative estimate of drug-likeness (QED) is 0.813. The Kier molecular flexibility index (Phi) is 5.42. The summed E-state index contributed by atoms with van der Waals surface area (Å²) in [5.74, 6) is 0.562. The molecule has 1 aliphatic rings. The first-order chi connectivity index (χ1) is 10.0. The van der Waals surface area contributed by atoms with Crippen LogP contribution < -0.4 is 0 Å². The van der Waals surface area contributed by atoms with E-state index in [1.165, 1.54) is 36.8 Å². The van der Waals surface area contributed by atoms with E-state index in [-0.39, 0.29) is 5.54 Å². The van der Waals surface area contributed by atoms with Crippen LogP contribution in [0.4, 0.5) is 0 Å². The third-order valence-electron chi connectivity index (χ3n) is 4.74. The molecule has 1 fully saturated rings. The smallest absolute Gasteiger partial charge is 0.110 e. The molecule has 2 nitrogen and oxygen atoms in total. The molecule has 0 bridgehead atoms. The number of nitrogens with zero attached hydrogens (tertiary/aromatic N) is 2. The van der Waals surface area contributed by atoms with Gasteiger partial charge in [0.05, 0.1) is 6.07 Å². The summed E-state index contributed by atoms with van der Waals surface area (Å²) in [6.45, 7) is 8.66. The molecule has 1 unspecified atom stereocenters. The minimum Gasteiger partial charge on any atom is -0.285 e. The molecule has 0 radical (unpaired) electrons. The van der Waals surface area contributed by atoms with E-state index in [0.29, 0.717) is 5.92 Å². The molecule has 114 valence electrons. The summed E-state index contributed by atoms with van der Waals surface area (Å²) in [7, 11) is 0. The highest BCUT2D eigenvalue weighted by Crippen LogP contribution is 2.25. The van der Waals surface area contributed by atoms with E-state index in [4.69, 9.17) is 0 Å². The van der Waals surface area contributed by atoms with E-state index >= 15 is 0 Å². The van der Waals surface area contributed by atoms with Crippen LogP contribution in [0.15, 0.2) is 24.3 Å². The first-order valence-corrected chi connectivity index (χ1v) is 8.30. The average Bonchev–Trinajstić information content (AvgIpc) is 2.77. The molecule has 0 N–H and O–H groups in total. The number of likely N-dealkylation sites (tertiary alicyclic amines) is 1. The van der Waals surface area contributed by atoms with Crippen molar-refractivity contribution in [2.75, 3.05) is 13.1 Å². The Labute approximate surface area is 129 Å². The van der Waals surface area contributed by atoms with Gasteiger partial charge in [-0.05, 0) is 49.9 Å². The molecule has 0 aliphatic carbocycles. The van der Waals surface area contributed by atoms with E-state index in [2.05, 4.69) is 56.0 Å². The Morgan fingerprint density at radius 2 is 1.67 bits per heavy atom. The van der Waals surface area contributed by atoms with Crippen LogP contribution in [0, 0.1) is 11.3 Å². The maximum Gasteiger partial charge on any atom is 0.110 e. The number of hydrogen-bond acceptors (Lipinski definition) is 2. The number of nitriles is 1. The molecular weight excluding hydrogens is 256 g/mol. The van der Waals surface area contributed by atoms with Crippen molar-refractivity contribution in [2.24, 2.45) is 0 Å². The first-order valence-electron chi connectivity index (χ1n) is 8.30. The van der Waals surface area contributed by atoms with E-state index in [0.717, 1.165) is 19.5 Å². The molecule has 0 spiro atoms. The number of hydrogen-bond donors (Lipinski definition) is 0. The minimum absolute atomic E-state index is 0.371. The molecule has 2 heteroatoms. The molecular formula is C19H28N2. The van der Waals surface area contributed by atoms with Gasteiger partial charge in [0.15, 0.2) is 0 Å². The van der Waals surface area contributed by atoms with Crippen molar-refractivity contribution in [1.29, 1.82) is 5.26 Å². The van der Waals surface area contributed by atoms with E-state index in [1.807, 2.05) is 0 Å². The van der Waals surface area contributed by atoms with Gasteiger partial charge in [0.25, 0.3) is 0 Å². The van der Waals surface area contributed by atoms with Gasteiger partial charge in [-0.1, -0.05) is 51.0 Å². The van der Waals surface area contributed by atoms with Crippen molar-refractivity contribution >= 4 is 0 Å². The summed E-state index contributed by atoms with van der Waals surface area (Å²) in [6, 6.07) is 11.4. The zero-order chi connectivity index (χ0) is 15.3. The highest BCUT2D eigenvalue weighted by atomic mass is 15.2. The molecule has 1 aliphatic heterocycles. The van der Waals surface area contributed by atoms with Crippen LogP contribution in [-0.4, -0.2) is 23.5 Å². The zero-order valence-corrected chi connectivity index (χ0v) is 13.7. The fourth-order valence-corrected chi connectivity index (χ4v) is 3.20. The largest absolute Gasteiger partial charge is 0.285 e. The molecule has 21 heavy (non-hydrogen) atoms. The topological polar surface area (TPSA) is 27.0 Å². The molecule has 1 aromatic carbocycles. The number of benzene rings is 1. The second-order valence-corrected chi connectivity index (χ2v) is 6.86. The normalized spacial score (nSPS) is 19.8. The molecule has 1 aromatic rings. The Morgan fingerprint density at radius 1 is 1.10 bits per heavy atom. The summed E-state index contributed by atoms with van der Waals surface area (Å²) in [6.07, 6.45) is 5.89. The van der Waals surface area contributed by atoms with Crippen LogP contribution >= 0.6 is 0 Å². The summed E-state index contributed by atoms with van der Waals surface area (Å²) >= 11 is 0. The van der Waals surface area contributed by atoms with Crippen LogP contribution in [-0.2, 0) is 6.42 Å². The third-order valence-corrected chi connectivity index (χ3v) is 4.74. The van der Waals surface area contributed by atoms with Crippen LogP contribution in [0.1, 0.15) is 63.5 Å². The number of rotatable bonds is 4. The van der Waals surface area contributed by atoms with Crippen molar-refractivity contribution in [1.82, 2.24) is 4.90 Å². The molecule has 1 heterocycles. The Balaban J connectivity index is 2.11. The lowest BCUT2D eigenvalue weighted by Crippen LogP contribution is -2.47. The zero-order valence-electron chi connectivity index (χ0n) is 13.7. The lowest BCUT2D eigenvalue weighted by Gasteiger charge is -2.35. The second-order valence-electron chi connectivity index (χ2n) is 6.86. The van der Waals surface area contributed by atoms with Gasteiger partial charge < -0.3 is 0 Å². The second kappa shape index (κ2) is 7.09. The summed E-state index contributed by atoms with van der Waals surface area (Å²) < 4.78 is 0. The predicted molar refractivity (Wildman–Crippen MR) is 88.3 cm³/mol. The Bertz CT molecular complexity index is 475. The van der Waals surface area contributed by atoms with Crippen molar-refractivity contribution in [3.8, 4) is 6.07 Å². The standard InChI is InChI=1S/C19H28N2/c1-16(2)18-10-8-17(9-11-18)14-19(3,15-20)21-12-6-4-5-7-13-21/h8-11,16H,4-7,12-14H2,1-3H3. The van der Waals surface area contributed by atoms with Gasteiger partial charge in [0.2, 0.25) is 0 Å². The highest BCUT2D eigenvalue weighted by molar-refractivity contribution is 5.27. The van der Waals surface area contributed by atoms with Crippen molar-refractivity contribution in [3.63, 3.8) is 0 Å². The van der Waals surface area contributed by atoms with Crippen LogP contribution in [0.5, 0.6) is 0 Å². The maximum absolute atomic E-state index is 9.74. The predicted octanol–water partition coefficient (Wildman–Crippen LogP) is 4.51. The van der Waals surface area contributed by atoms with E-state index < -0.39 is 0 Å². The molecule has 0 aromatic heterocycles. The highest BCUT2D eigenvalue weighted by Gasteiger charge is 2.32. The molecule has 0 amide bonds. The lowest BCUT2D eigenvalue weighted by atomic mass is 9.90. The fraction of sp³-hybridized carbons (Fsp3) is 0.632. The maximum atomic E-state index is 9.74. The Hall–Kier alpha value is -1.33. The summed E-state index contributed by atoms with van der Waals surface area (Å²) in [4.78, 5) is 2.40. The van der Waals surface area contributed by atoms with Gasteiger partial charge in [-0.15, -0.1) is 0 Å². The minimum atomic E-state index is -0.371. The van der Waals surface area contributed by atoms with Gasteiger partial charge in [-0.25, -0.2) is 0 Å². The summed E-state index contributed by atoms with van der Waals surface area (Å²) in [5.41, 5.74) is 2.27. The third kappa shape index (κ3) is 4.08. The van der Waals surface area contributed by atoms with Crippen LogP contribution in [0.2, 0.25) is 0 Å². The summed E-state index contributed by atoms with van der Waals surface area (Å²) in [5, 5.41) is 9.74. The van der Waals surface area contributed by atoms with Crippen molar-refractivity contribution < 1.29 is 0 Å². The van der Waals surface area contributed by atoms with E-state index in [1.54, 1.807) is 0 Å². The average molecular weight is 284 g/mol. The van der Waals surface area contributed by atoms with Crippen molar-refractivity contribution in [3.05, 3.63) is 35.4 Å². The molecule has 0 saturated carbocycles. The monoisotopic (exact) mass is 284 g/mol. The molecule has 1 atom stereocenters. The van der Waals surface area contributed by atoms with Gasteiger partial charge in [-0.3, -0.25) is 4.90 Å². The fourth-order valence-electron chi connectivity index (χ4n) is 3.20. The van der Waals surface area contributed by atoms with Gasteiger partial charge >= 0.3 is 0 Å². The van der Waals surface area contributed by atoms with Gasteiger partial charge in [-0.2, -0.15) is 5.26 Å². The van der Waals surface area contributed by atoms with Crippen molar-refractivity contribution in [2.45, 2.75) is 64.3 Å². The van der Waals surface area contributed by atoms with Crippen LogP contribution in [0.25, 0.3) is 0 Å².